The number of guanidine groups is 1. The number of nitrogens with one attached hydrogen (secondary N) is 2. The molecule has 0 saturated heterocycles. The first-order chi connectivity index (χ1) is 11.9. The van der Waals surface area contributed by atoms with Crippen molar-refractivity contribution in [3.05, 3.63) is 36.8 Å². The monoisotopic (exact) mass is 333 g/mol. The van der Waals surface area contributed by atoms with E-state index in [0.717, 1.165) is 44.3 Å². The van der Waals surface area contributed by atoms with Crippen LogP contribution < -0.4 is 10.6 Å². The molecule has 2 rings (SSSR count). The zero-order chi connectivity index (χ0) is 16.9. The minimum atomic E-state index is 0.479. The summed E-state index contributed by atoms with van der Waals surface area (Å²) in [6.45, 7) is 6.79. The van der Waals surface area contributed by atoms with E-state index in [1.165, 1.54) is 32.1 Å². The molecule has 5 nitrogen and oxygen atoms in total. The lowest BCUT2D eigenvalue weighted by atomic mass is 9.98. The van der Waals surface area contributed by atoms with Crippen LogP contribution in [0.2, 0.25) is 0 Å². The van der Waals surface area contributed by atoms with Gasteiger partial charge < -0.3 is 19.8 Å². The fourth-order valence-electron chi connectivity index (χ4n) is 2.84. The molecular weight excluding hydrogens is 302 g/mol. The van der Waals surface area contributed by atoms with Crippen LogP contribution in [0.4, 0.5) is 0 Å². The Morgan fingerprint density at radius 2 is 2.21 bits per heavy atom. The quantitative estimate of drug-likeness (QED) is 0.299. The van der Waals surface area contributed by atoms with Gasteiger partial charge in [0.1, 0.15) is 5.76 Å². The molecule has 0 aliphatic heterocycles. The first kappa shape index (κ1) is 18.6. The van der Waals surface area contributed by atoms with Crippen LogP contribution in [0.25, 0.3) is 0 Å². The Labute approximate surface area is 145 Å². The molecule has 0 atom stereocenters. The van der Waals surface area contributed by atoms with Crippen LogP contribution in [-0.4, -0.2) is 38.3 Å². The largest absolute Gasteiger partial charge is 0.469 e. The van der Waals surface area contributed by atoms with E-state index in [1.807, 2.05) is 18.2 Å². The fourth-order valence-corrected chi connectivity index (χ4v) is 2.84. The maximum absolute atomic E-state index is 5.94. The lowest BCUT2D eigenvalue weighted by molar-refractivity contribution is 0.0281. The molecule has 0 amide bonds. The van der Waals surface area contributed by atoms with Gasteiger partial charge in [-0.25, -0.2) is 0 Å². The summed E-state index contributed by atoms with van der Waals surface area (Å²) in [5.41, 5.74) is 0. The first-order valence-corrected chi connectivity index (χ1v) is 9.15. The van der Waals surface area contributed by atoms with Gasteiger partial charge >= 0.3 is 0 Å². The summed E-state index contributed by atoms with van der Waals surface area (Å²) >= 11 is 0. The normalized spacial score (nSPS) is 16.1. The number of nitrogens with zero attached hydrogens (tertiary/aromatic N) is 1. The molecule has 0 aromatic carbocycles. The minimum Gasteiger partial charge on any atom is -0.469 e. The van der Waals surface area contributed by atoms with Crippen molar-refractivity contribution in [1.82, 2.24) is 10.6 Å². The lowest BCUT2D eigenvalue weighted by Gasteiger charge is -2.21. The highest BCUT2D eigenvalue weighted by Crippen LogP contribution is 2.20. The predicted octanol–water partition coefficient (Wildman–Crippen LogP) is 3.28. The Kier molecular flexibility index (Phi) is 9.09. The topological polar surface area (TPSA) is 58.8 Å². The average molecular weight is 333 g/mol. The zero-order valence-electron chi connectivity index (χ0n) is 14.6. The van der Waals surface area contributed by atoms with Crippen LogP contribution in [0.15, 0.2) is 40.5 Å². The van der Waals surface area contributed by atoms with Crippen molar-refractivity contribution >= 4 is 5.96 Å². The van der Waals surface area contributed by atoms with Gasteiger partial charge in [-0.3, -0.25) is 4.99 Å². The summed E-state index contributed by atoms with van der Waals surface area (Å²) in [4.78, 5) is 4.60. The smallest absolute Gasteiger partial charge is 0.191 e. The van der Waals surface area contributed by atoms with E-state index in [-0.39, 0.29) is 0 Å². The lowest BCUT2D eigenvalue weighted by Crippen LogP contribution is -2.38. The standard InChI is InChI=1S/C19H31N3O2/c1-2-12-20-19(22-14-11-18-10-6-15-23-18)21-13-7-16-24-17-8-4-3-5-9-17/h2,6,10,15,17H,1,3-5,7-9,11-14,16H2,(H2,20,21,22). The van der Waals surface area contributed by atoms with Gasteiger partial charge in [0, 0.05) is 32.7 Å². The second-order valence-corrected chi connectivity index (χ2v) is 6.14. The van der Waals surface area contributed by atoms with Crippen LogP contribution in [0.1, 0.15) is 44.3 Å². The van der Waals surface area contributed by atoms with Gasteiger partial charge in [0.25, 0.3) is 0 Å². The number of furan rings is 1. The summed E-state index contributed by atoms with van der Waals surface area (Å²) in [6.07, 6.45) is 12.3. The summed E-state index contributed by atoms with van der Waals surface area (Å²) in [7, 11) is 0. The van der Waals surface area contributed by atoms with E-state index in [2.05, 4.69) is 22.2 Å². The summed E-state index contributed by atoms with van der Waals surface area (Å²) < 4.78 is 11.3. The predicted molar refractivity (Wildman–Crippen MR) is 98.4 cm³/mol. The maximum atomic E-state index is 5.94. The van der Waals surface area contributed by atoms with Crippen molar-refractivity contribution < 1.29 is 9.15 Å². The third kappa shape index (κ3) is 7.68. The summed E-state index contributed by atoms with van der Waals surface area (Å²) in [5.74, 6) is 1.80. The van der Waals surface area contributed by atoms with Crippen molar-refractivity contribution in [2.24, 2.45) is 4.99 Å². The maximum Gasteiger partial charge on any atom is 0.191 e. The van der Waals surface area contributed by atoms with Crippen LogP contribution in [0.3, 0.4) is 0 Å². The van der Waals surface area contributed by atoms with Gasteiger partial charge in [0.15, 0.2) is 5.96 Å². The van der Waals surface area contributed by atoms with Crippen LogP contribution in [0, 0.1) is 0 Å². The highest BCUT2D eigenvalue weighted by Gasteiger charge is 2.12. The van der Waals surface area contributed by atoms with Crippen LogP contribution in [0.5, 0.6) is 0 Å². The molecule has 5 heteroatoms. The first-order valence-electron chi connectivity index (χ1n) is 9.15. The molecule has 24 heavy (non-hydrogen) atoms. The number of hydrogen-bond acceptors (Lipinski definition) is 3. The van der Waals surface area contributed by atoms with Crippen molar-refractivity contribution in [1.29, 1.82) is 0 Å². The third-order valence-corrected chi connectivity index (χ3v) is 4.14. The Bertz CT molecular complexity index is 465. The van der Waals surface area contributed by atoms with Gasteiger partial charge in [0.2, 0.25) is 0 Å². The number of rotatable bonds is 10. The average Bonchev–Trinajstić information content (AvgIpc) is 3.13. The van der Waals surface area contributed by atoms with Crippen molar-refractivity contribution in [2.75, 3.05) is 26.2 Å². The molecule has 1 aliphatic carbocycles. The van der Waals surface area contributed by atoms with Gasteiger partial charge in [-0.05, 0) is 31.4 Å². The SMILES string of the molecule is C=CCNC(=NCCCOC1CCCCC1)NCCc1ccco1. The fraction of sp³-hybridized carbons (Fsp3) is 0.632. The Morgan fingerprint density at radius 3 is 2.96 bits per heavy atom. The van der Waals surface area contributed by atoms with Crippen molar-refractivity contribution in [3.8, 4) is 0 Å². The zero-order valence-corrected chi connectivity index (χ0v) is 14.6. The molecular formula is C19H31N3O2. The van der Waals surface area contributed by atoms with Crippen molar-refractivity contribution in [2.45, 2.75) is 51.0 Å². The summed E-state index contributed by atoms with van der Waals surface area (Å²) in [5, 5.41) is 6.56. The van der Waals surface area contributed by atoms with Gasteiger partial charge in [-0.1, -0.05) is 25.3 Å². The van der Waals surface area contributed by atoms with Crippen molar-refractivity contribution in [3.63, 3.8) is 0 Å². The Balaban J connectivity index is 1.62. The third-order valence-electron chi connectivity index (χ3n) is 4.14. The molecule has 1 aromatic heterocycles. The number of hydrogen-bond donors (Lipinski definition) is 2. The van der Waals surface area contributed by atoms with E-state index >= 15 is 0 Å². The van der Waals surface area contributed by atoms with E-state index in [1.54, 1.807) is 6.26 Å². The van der Waals surface area contributed by atoms with Gasteiger partial charge in [-0.2, -0.15) is 0 Å². The summed E-state index contributed by atoms with van der Waals surface area (Å²) in [6, 6.07) is 3.89. The molecule has 1 aromatic rings. The minimum absolute atomic E-state index is 0.479. The molecule has 0 radical (unpaired) electrons. The van der Waals surface area contributed by atoms with Crippen LogP contribution in [-0.2, 0) is 11.2 Å². The highest BCUT2D eigenvalue weighted by atomic mass is 16.5. The molecule has 2 N–H and O–H groups in total. The molecule has 1 saturated carbocycles. The molecule has 134 valence electrons. The molecule has 0 spiro atoms. The van der Waals surface area contributed by atoms with Crippen LogP contribution >= 0.6 is 0 Å². The van der Waals surface area contributed by atoms with E-state index < -0.39 is 0 Å². The molecule has 1 fully saturated rings. The van der Waals surface area contributed by atoms with E-state index in [0.29, 0.717) is 12.6 Å². The van der Waals surface area contributed by atoms with E-state index in [9.17, 15) is 0 Å². The molecule has 1 heterocycles. The van der Waals surface area contributed by atoms with Gasteiger partial charge in [0.05, 0.1) is 12.4 Å². The second-order valence-electron chi connectivity index (χ2n) is 6.14. The Morgan fingerprint density at radius 1 is 1.33 bits per heavy atom. The number of aliphatic imine (C=N–C) groups is 1. The second kappa shape index (κ2) is 11.7. The molecule has 1 aliphatic rings. The van der Waals surface area contributed by atoms with Gasteiger partial charge in [-0.15, -0.1) is 6.58 Å². The molecule has 0 unspecified atom stereocenters. The number of ether oxygens (including phenoxy) is 1. The Hall–Kier alpha value is -1.75. The molecule has 0 bridgehead atoms. The van der Waals surface area contributed by atoms with E-state index in [4.69, 9.17) is 9.15 Å². The highest BCUT2D eigenvalue weighted by molar-refractivity contribution is 5.79.